The zero-order valence-corrected chi connectivity index (χ0v) is 13.6. The third-order valence-corrected chi connectivity index (χ3v) is 4.56. The molecule has 0 bridgehead atoms. The Labute approximate surface area is 141 Å². The highest BCUT2D eigenvalue weighted by molar-refractivity contribution is 6.30. The Hall–Kier alpha value is -2.09. The molecule has 1 N–H and O–H groups in total. The predicted octanol–water partition coefficient (Wildman–Crippen LogP) is 3.38. The number of nitriles is 1. The van der Waals surface area contributed by atoms with Gasteiger partial charge in [-0.05, 0) is 30.7 Å². The molecule has 23 heavy (non-hydrogen) atoms. The summed E-state index contributed by atoms with van der Waals surface area (Å²) >= 11 is 5.85. The van der Waals surface area contributed by atoms with Gasteiger partial charge < -0.3 is 10.1 Å². The van der Waals surface area contributed by atoms with Crippen LogP contribution in [0.1, 0.15) is 24.0 Å². The minimum Gasteiger partial charge on any atom is -0.474 e. The largest absolute Gasteiger partial charge is 0.474 e. The Kier molecular flexibility index (Phi) is 4.80. The summed E-state index contributed by atoms with van der Waals surface area (Å²) in [5.41, 5.74) is 1.92. The first-order chi connectivity index (χ1) is 11.2. The average molecular weight is 328 g/mol. The van der Waals surface area contributed by atoms with Crippen LogP contribution in [0.15, 0.2) is 42.6 Å². The van der Waals surface area contributed by atoms with Gasteiger partial charge in [0.15, 0.2) is 0 Å². The standard InChI is InChI=1S/C18H18ClN3O/c1-12(23-18-7-6-15(19)9-22-18)16-10-21-11-17(16)14-4-2-13(8-20)3-5-14/h2-7,9,12,16-17,21H,10-11H2,1H3/t12?,16-,17+/m0/s1. The quantitative estimate of drug-likeness (QED) is 0.935. The van der Waals surface area contributed by atoms with E-state index in [1.165, 1.54) is 5.56 Å². The second kappa shape index (κ2) is 6.99. The molecule has 0 amide bonds. The summed E-state index contributed by atoms with van der Waals surface area (Å²) in [5.74, 6) is 1.30. The fourth-order valence-electron chi connectivity index (χ4n) is 3.07. The summed E-state index contributed by atoms with van der Waals surface area (Å²) in [6.45, 7) is 3.89. The van der Waals surface area contributed by atoms with Crippen molar-refractivity contribution in [3.8, 4) is 11.9 Å². The van der Waals surface area contributed by atoms with Crippen molar-refractivity contribution in [2.24, 2.45) is 5.92 Å². The van der Waals surface area contributed by atoms with Gasteiger partial charge >= 0.3 is 0 Å². The molecule has 0 aliphatic carbocycles. The van der Waals surface area contributed by atoms with Crippen molar-refractivity contribution in [2.75, 3.05) is 13.1 Å². The highest BCUT2D eigenvalue weighted by atomic mass is 35.5. The number of ether oxygens (including phenoxy) is 1. The van der Waals surface area contributed by atoms with E-state index >= 15 is 0 Å². The summed E-state index contributed by atoms with van der Waals surface area (Å²) in [5, 5.41) is 13.0. The van der Waals surface area contributed by atoms with Crippen LogP contribution < -0.4 is 10.1 Å². The molecule has 1 aromatic heterocycles. The molecule has 1 aliphatic heterocycles. The van der Waals surface area contributed by atoms with Gasteiger partial charge in [0, 0.05) is 37.2 Å². The fraction of sp³-hybridized carbons (Fsp3) is 0.333. The van der Waals surface area contributed by atoms with E-state index in [9.17, 15) is 0 Å². The summed E-state index contributed by atoms with van der Waals surface area (Å²) < 4.78 is 5.99. The van der Waals surface area contributed by atoms with Gasteiger partial charge in [0.05, 0.1) is 16.7 Å². The maximum atomic E-state index is 8.92. The van der Waals surface area contributed by atoms with Gasteiger partial charge in [0.2, 0.25) is 5.88 Å². The molecule has 2 heterocycles. The minimum absolute atomic E-state index is 0.0271. The van der Waals surface area contributed by atoms with Crippen LogP contribution in [0, 0.1) is 17.2 Å². The summed E-state index contributed by atoms with van der Waals surface area (Å²) in [6.07, 6.45) is 1.62. The molecule has 0 saturated carbocycles. The monoisotopic (exact) mass is 327 g/mol. The maximum absolute atomic E-state index is 8.92. The van der Waals surface area contributed by atoms with E-state index in [1.807, 2.05) is 24.3 Å². The zero-order valence-electron chi connectivity index (χ0n) is 12.9. The summed E-state index contributed by atoms with van der Waals surface area (Å²) in [6, 6.07) is 13.5. The number of benzene rings is 1. The molecule has 1 saturated heterocycles. The number of nitrogens with zero attached hydrogens (tertiary/aromatic N) is 2. The number of nitrogens with one attached hydrogen (secondary N) is 1. The summed E-state index contributed by atoms with van der Waals surface area (Å²) in [7, 11) is 0. The lowest BCUT2D eigenvalue weighted by Crippen LogP contribution is -2.29. The molecule has 1 fully saturated rings. The second-order valence-corrected chi connectivity index (χ2v) is 6.24. The van der Waals surface area contributed by atoms with Crippen LogP contribution in [-0.4, -0.2) is 24.2 Å². The van der Waals surface area contributed by atoms with Crippen molar-refractivity contribution in [1.82, 2.24) is 10.3 Å². The first-order valence-electron chi connectivity index (χ1n) is 7.66. The SMILES string of the molecule is CC(Oc1ccc(Cl)cn1)[C@@H]1CNC[C@@H]1c1ccc(C#N)cc1. The number of pyridine rings is 1. The van der Waals surface area contributed by atoms with Gasteiger partial charge in [-0.15, -0.1) is 0 Å². The Bertz CT molecular complexity index is 694. The molecule has 5 heteroatoms. The van der Waals surface area contributed by atoms with Gasteiger partial charge in [-0.2, -0.15) is 5.26 Å². The molecule has 1 unspecified atom stereocenters. The van der Waals surface area contributed by atoms with E-state index in [-0.39, 0.29) is 6.10 Å². The Morgan fingerprint density at radius 1 is 1.26 bits per heavy atom. The highest BCUT2D eigenvalue weighted by Gasteiger charge is 2.33. The normalized spacial score (nSPS) is 21.6. The third kappa shape index (κ3) is 3.64. The van der Waals surface area contributed by atoms with Crippen molar-refractivity contribution < 1.29 is 4.74 Å². The van der Waals surface area contributed by atoms with Crippen LogP contribution in [0.3, 0.4) is 0 Å². The molecule has 118 valence electrons. The first-order valence-corrected chi connectivity index (χ1v) is 8.04. The van der Waals surface area contributed by atoms with Gasteiger partial charge in [0.25, 0.3) is 0 Å². The van der Waals surface area contributed by atoms with Crippen LogP contribution in [-0.2, 0) is 0 Å². The molecule has 3 atom stereocenters. The van der Waals surface area contributed by atoms with Crippen LogP contribution in [0.25, 0.3) is 0 Å². The smallest absolute Gasteiger partial charge is 0.213 e. The molecule has 0 radical (unpaired) electrons. The maximum Gasteiger partial charge on any atom is 0.213 e. The van der Waals surface area contributed by atoms with E-state index in [0.717, 1.165) is 13.1 Å². The van der Waals surface area contributed by atoms with Gasteiger partial charge in [0.1, 0.15) is 6.10 Å². The Morgan fingerprint density at radius 3 is 2.70 bits per heavy atom. The highest BCUT2D eigenvalue weighted by Crippen LogP contribution is 2.32. The van der Waals surface area contributed by atoms with Gasteiger partial charge in [-0.1, -0.05) is 23.7 Å². The molecule has 1 aliphatic rings. The number of halogens is 1. The molecular formula is C18H18ClN3O. The lowest BCUT2D eigenvalue weighted by Gasteiger charge is -2.25. The van der Waals surface area contributed by atoms with E-state index in [0.29, 0.717) is 28.3 Å². The number of hydrogen-bond donors (Lipinski definition) is 1. The Morgan fingerprint density at radius 2 is 2.04 bits per heavy atom. The van der Waals surface area contributed by atoms with Crippen molar-refractivity contribution in [1.29, 1.82) is 5.26 Å². The molecule has 0 spiro atoms. The number of hydrogen-bond acceptors (Lipinski definition) is 4. The second-order valence-electron chi connectivity index (χ2n) is 5.80. The van der Waals surface area contributed by atoms with E-state index in [1.54, 1.807) is 18.3 Å². The van der Waals surface area contributed by atoms with Crippen molar-refractivity contribution in [3.63, 3.8) is 0 Å². The molecule has 3 rings (SSSR count). The molecule has 4 nitrogen and oxygen atoms in total. The van der Waals surface area contributed by atoms with E-state index in [2.05, 4.69) is 23.3 Å². The van der Waals surface area contributed by atoms with Gasteiger partial charge in [-0.3, -0.25) is 0 Å². The zero-order chi connectivity index (χ0) is 16.2. The Balaban J connectivity index is 1.72. The fourth-order valence-corrected chi connectivity index (χ4v) is 3.18. The molecule has 2 aromatic rings. The van der Waals surface area contributed by atoms with Crippen molar-refractivity contribution >= 4 is 11.6 Å². The molecular weight excluding hydrogens is 310 g/mol. The lowest BCUT2D eigenvalue weighted by atomic mass is 9.85. The van der Waals surface area contributed by atoms with Crippen molar-refractivity contribution in [2.45, 2.75) is 18.9 Å². The minimum atomic E-state index is 0.0271. The van der Waals surface area contributed by atoms with Crippen molar-refractivity contribution in [3.05, 3.63) is 58.7 Å². The lowest BCUT2D eigenvalue weighted by molar-refractivity contribution is 0.145. The topological polar surface area (TPSA) is 57.9 Å². The third-order valence-electron chi connectivity index (χ3n) is 4.34. The first kappa shape index (κ1) is 15.8. The summed E-state index contributed by atoms with van der Waals surface area (Å²) in [4.78, 5) is 4.20. The number of aromatic nitrogens is 1. The van der Waals surface area contributed by atoms with Crippen LogP contribution in [0.4, 0.5) is 0 Å². The number of rotatable bonds is 4. The molecule has 1 aromatic carbocycles. The van der Waals surface area contributed by atoms with Crippen LogP contribution >= 0.6 is 11.6 Å². The van der Waals surface area contributed by atoms with Crippen LogP contribution in [0.2, 0.25) is 5.02 Å². The van der Waals surface area contributed by atoms with Gasteiger partial charge in [-0.25, -0.2) is 4.98 Å². The van der Waals surface area contributed by atoms with E-state index in [4.69, 9.17) is 21.6 Å². The van der Waals surface area contributed by atoms with Crippen LogP contribution in [0.5, 0.6) is 5.88 Å². The van der Waals surface area contributed by atoms with E-state index < -0.39 is 0 Å². The average Bonchev–Trinajstić information content (AvgIpc) is 3.07. The predicted molar refractivity (Wildman–Crippen MR) is 89.6 cm³/mol.